The maximum atomic E-state index is 12.6. The van der Waals surface area contributed by atoms with E-state index in [4.69, 9.17) is 39.8 Å². The van der Waals surface area contributed by atoms with Crippen molar-refractivity contribution in [1.29, 1.82) is 0 Å². The molecule has 0 unspecified atom stereocenters. The van der Waals surface area contributed by atoms with Crippen LogP contribution in [0, 0.1) is 0 Å². The van der Waals surface area contributed by atoms with E-state index < -0.39 is 87.0 Å². The molecule has 0 rings (SSSR count). The highest BCUT2D eigenvalue weighted by atomic mass is 27.3. The van der Waals surface area contributed by atoms with Crippen molar-refractivity contribution in [3.8, 4) is 0 Å². The first-order valence-corrected chi connectivity index (χ1v) is 13.7. The Balaban J connectivity index is 5.82. The molecule has 0 radical (unpaired) electrons. The third-order valence-electron chi connectivity index (χ3n) is 6.25. The van der Waals surface area contributed by atoms with Crippen molar-refractivity contribution >= 4 is 50.4 Å². The van der Waals surface area contributed by atoms with Crippen LogP contribution in [-0.4, -0.2) is 110 Å². The Morgan fingerprint density at radius 2 is 0.650 bits per heavy atom. The van der Waals surface area contributed by atoms with Gasteiger partial charge in [0, 0.05) is 61.9 Å². The smallest absolute Gasteiger partial charge is 0.550 e. The van der Waals surface area contributed by atoms with Gasteiger partial charge in [-0.3, -0.25) is 28.8 Å². The van der Waals surface area contributed by atoms with Gasteiger partial charge >= 0.3 is 15.1 Å². The molecule has 16 heteroatoms. The van der Waals surface area contributed by atoms with Crippen molar-refractivity contribution in [1.82, 2.24) is 0 Å². The Kier molecular flexibility index (Phi) is 16.5. The van der Waals surface area contributed by atoms with E-state index >= 15 is 0 Å². The molecule has 0 aromatic carbocycles. The summed E-state index contributed by atoms with van der Waals surface area (Å²) in [6.45, 7) is 4.74. The van der Waals surface area contributed by atoms with Crippen molar-refractivity contribution in [2.75, 3.05) is 42.7 Å². The number of carbonyl (C=O) groups excluding carboxylic acids is 6. The first-order chi connectivity index (χ1) is 18.8. The van der Waals surface area contributed by atoms with Crippen LogP contribution in [0.5, 0.6) is 0 Å². The Labute approximate surface area is 238 Å². The second kappa shape index (κ2) is 17.5. The van der Waals surface area contributed by atoms with Gasteiger partial charge in [-0.2, -0.15) is 0 Å². The number of hydrogen-bond acceptors (Lipinski definition) is 15. The van der Waals surface area contributed by atoms with Crippen LogP contribution >= 0.6 is 0 Å². The Bertz CT molecular complexity index is 752. The summed E-state index contributed by atoms with van der Waals surface area (Å²) in [7, 11) is 7.24. The average molecular weight is 595 g/mol. The second-order valence-electron chi connectivity index (χ2n) is 8.10. The van der Waals surface area contributed by atoms with Gasteiger partial charge < -0.3 is 39.8 Å². The minimum absolute atomic E-state index is 0.0531. The summed E-state index contributed by atoms with van der Waals surface area (Å²) >= 11 is -4.08. The lowest BCUT2D eigenvalue weighted by Crippen LogP contribution is -2.46. The minimum Gasteiger partial charge on any atom is -0.550 e. The van der Waals surface area contributed by atoms with E-state index in [1.807, 2.05) is 0 Å². The van der Waals surface area contributed by atoms with Crippen molar-refractivity contribution in [2.24, 2.45) is 0 Å². The maximum Gasteiger partial charge on any atom is 1.20 e. The Morgan fingerprint density at radius 1 is 0.450 bits per heavy atom. The Morgan fingerprint density at radius 3 is 0.800 bits per heavy atom. The fourth-order valence-electron chi connectivity index (χ4n) is 3.71. The van der Waals surface area contributed by atoms with Crippen LogP contribution in [0.1, 0.15) is 59.3 Å². The van der Waals surface area contributed by atoms with E-state index in [2.05, 4.69) is 0 Å². The lowest BCUT2D eigenvalue weighted by Gasteiger charge is -2.28. The number of ether oxygens (including phenoxy) is 6. The Hall–Kier alpha value is -2.29. The number of carbonyl (C=O) groups is 6. The van der Waals surface area contributed by atoms with E-state index in [-0.39, 0.29) is 19.3 Å². The minimum atomic E-state index is -4.08. The molecule has 0 fully saturated rings. The van der Waals surface area contributed by atoms with E-state index in [1.54, 1.807) is 20.8 Å². The van der Waals surface area contributed by atoms with Gasteiger partial charge in [0.25, 0.3) is 17.9 Å². The van der Waals surface area contributed by atoms with Crippen LogP contribution in [0.25, 0.3) is 0 Å². The molecule has 0 aliphatic rings. The lowest BCUT2D eigenvalue weighted by atomic mass is 10.1. The van der Waals surface area contributed by atoms with Gasteiger partial charge in [-0.25, -0.2) is 0 Å². The molecule has 15 nitrogen and oxygen atoms in total. The molecule has 0 aliphatic carbocycles. The third kappa shape index (κ3) is 9.67. The zero-order chi connectivity index (χ0) is 31.1. The van der Waals surface area contributed by atoms with Crippen molar-refractivity contribution in [3.05, 3.63) is 0 Å². The van der Waals surface area contributed by atoms with Crippen LogP contribution in [0.4, 0.5) is 0 Å². The van der Waals surface area contributed by atoms with Crippen LogP contribution in [0.2, 0.25) is 0 Å². The molecule has 0 amide bonds. The van der Waals surface area contributed by atoms with Crippen molar-refractivity contribution < 1.29 is 68.6 Å². The summed E-state index contributed by atoms with van der Waals surface area (Å²) in [5, 5.41) is 0. The predicted molar refractivity (Wildman–Crippen MR) is 134 cm³/mol. The highest BCUT2D eigenvalue weighted by Crippen LogP contribution is 2.22. The molecule has 0 aliphatic heterocycles. The van der Waals surface area contributed by atoms with E-state index in [0.29, 0.717) is 0 Å². The number of hydrogen-bond donors (Lipinski definition) is 0. The number of ketones is 3. The largest absolute Gasteiger partial charge is 1.20 e. The first kappa shape index (κ1) is 37.7. The normalized spacial score (nSPS) is 11.9. The third-order valence-corrected chi connectivity index (χ3v) is 7.61. The highest BCUT2D eigenvalue weighted by Gasteiger charge is 2.52. The number of methoxy groups -OCH3 is 6. The summed E-state index contributed by atoms with van der Waals surface area (Å²) in [5.41, 5.74) is 0. The summed E-state index contributed by atoms with van der Waals surface area (Å²) in [5.74, 6) is -11.4. The monoisotopic (exact) mass is 594 g/mol. The van der Waals surface area contributed by atoms with Gasteiger partial charge in [0.1, 0.15) is 19.3 Å². The molecule has 0 heterocycles. The fraction of sp³-hybridized carbons (Fsp3) is 0.750. The van der Waals surface area contributed by atoms with Gasteiger partial charge in [0.05, 0.1) is 0 Å². The molecule has 0 saturated carbocycles. The number of Topliss-reactive ketones (excluding diaryl/α,β-unsaturated/α-hetero) is 3. The first-order valence-electron chi connectivity index (χ1n) is 12.3. The fourth-order valence-corrected chi connectivity index (χ4v) is 4.75. The van der Waals surface area contributed by atoms with E-state index in [9.17, 15) is 28.8 Å². The molecule has 0 atom stereocenters. The van der Waals surface area contributed by atoms with E-state index in [1.165, 1.54) is 42.7 Å². The van der Waals surface area contributed by atoms with Gasteiger partial charge in [0.2, 0.25) is 34.7 Å². The lowest BCUT2D eigenvalue weighted by molar-refractivity contribution is -0.209. The van der Waals surface area contributed by atoms with Crippen LogP contribution < -0.4 is 0 Å². The summed E-state index contributed by atoms with van der Waals surface area (Å²) < 4.78 is 45.6. The molecule has 0 bridgehead atoms. The van der Waals surface area contributed by atoms with E-state index in [0.717, 1.165) is 0 Å². The van der Waals surface area contributed by atoms with Gasteiger partial charge in [-0.15, -0.1) is 0 Å². The molecule has 0 aromatic rings. The van der Waals surface area contributed by atoms with Gasteiger partial charge in [0.15, 0.2) is 0 Å². The van der Waals surface area contributed by atoms with Crippen LogP contribution in [0.15, 0.2) is 0 Å². The molecular weight excluding hydrogens is 555 g/mol. The van der Waals surface area contributed by atoms with Crippen molar-refractivity contribution in [2.45, 2.75) is 76.7 Å². The average Bonchev–Trinajstić information content (AvgIpc) is 2.92. The zero-order valence-electron chi connectivity index (χ0n) is 24.4. The molecule has 0 aromatic heterocycles. The predicted octanol–water partition coefficient (Wildman–Crippen LogP) is 0.676. The van der Waals surface area contributed by atoms with Gasteiger partial charge in [-0.05, 0) is 0 Å². The standard InChI is InChI=1S/3C8H14O5.Al/c3*1-4-8(12-2,13-3)6(9)5-7(10)11;/h3*4-5H2,1-3H3,(H,10,11);/q;;;+3/p-3. The van der Waals surface area contributed by atoms with Crippen molar-refractivity contribution in [3.63, 3.8) is 0 Å². The van der Waals surface area contributed by atoms with Crippen LogP contribution in [0.3, 0.4) is 0 Å². The molecule has 0 N–H and O–H groups in total. The molecule has 40 heavy (non-hydrogen) atoms. The molecular formula is C24H39AlO15. The molecule has 0 spiro atoms. The SMILES string of the molecule is CCC(OC)(OC)C(=O)CC(=O)[O][Al]([O]C(=O)CC(=O)C(CC)(OC)OC)[O]C(=O)CC(=O)C(CC)(OC)OC. The topological polar surface area (TPSA) is 185 Å². The summed E-state index contributed by atoms with van der Waals surface area (Å²) in [6, 6.07) is 0. The van der Waals surface area contributed by atoms with Crippen LogP contribution in [-0.2, 0) is 68.6 Å². The quantitative estimate of drug-likeness (QED) is 0.102. The molecule has 228 valence electrons. The summed E-state index contributed by atoms with van der Waals surface area (Å²) in [4.78, 5) is 75.5. The number of rotatable bonds is 21. The summed E-state index contributed by atoms with van der Waals surface area (Å²) in [6.07, 6.45) is -2.54. The zero-order valence-corrected chi connectivity index (χ0v) is 25.6. The maximum absolute atomic E-state index is 12.6. The van der Waals surface area contributed by atoms with Gasteiger partial charge in [-0.1, -0.05) is 20.8 Å². The second-order valence-corrected chi connectivity index (χ2v) is 9.39. The highest BCUT2D eigenvalue weighted by molar-refractivity contribution is 6.44. The molecule has 0 saturated heterocycles.